The Labute approximate surface area is 107 Å². The Balaban J connectivity index is 2.30. The molecule has 0 radical (unpaired) electrons. The van der Waals surface area contributed by atoms with Crippen LogP contribution in [0.3, 0.4) is 0 Å². The van der Waals surface area contributed by atoms with Gasteiger partial charge in [0.05, 0.1) is 6.04 Å². The van der Waals surface area contributed by atoms with E-state index in [1.807, 2.05) is 56.3 Å². The molecule has 0 saturated heterocycles. The third kappa shape index (κ3) is 2.51. The summed E-state index contributed by atoms with van der Waals surface area (Å²) in [6.07, 6.45) is 0. The van der Waals surface area contributed by atoms with Gasteiger partial charge in [0.1, 0.15) is 0 Å². The van der Waals surface area contributed by atoms with E-state index < -0.39 is 6.04 Å². The molecule has 2 rings (SSSR count). The van der Waals surface area contributed by atoms with Crippen molar-refractivity contribution >= 4 is 22.4 Å². The summed E-state index contributed by atoms with van der Waals surface area (Å²) in [5.41, 5.74) is 6.65. The average molecular weight is 242 g/mol. The van der Waals surface area contributed by atoms with Crippen LogP contribution < -0.4 is 11.1 Å². The molecular formula is C15H18N2O. The van der Waals surface area contributed by atoms with Gasteiger partial charge in [0.2, 0.25) is 5.91 Å². The monoisotopic (exact) mass is 242 g/mol. The number of carbonyl (C=O) groups excluding carboxylic acids is 1. The van der Waals surface area contributed by atoms with E-state index in [9.17, 15) is 4.79 Å². The Morgan fingerprint density at radius 3 is 2.50 bits per heavy atom. The van der Waals surface area contributed by atoms with Gasteiger partial charge in [0.15, 0.2) is 0 Å². The molecule has 0 bridgehead atoms. The maximum absolute atomic E-state index is 12.0. The van der Waals surface area contributed by atoms with Crippen LogP contribution >= 0.6 is 0 Å². The zero-order chi connectivity index (χ0) is 13.1. The molecule has 94 valence electrons. The van der Waals surface area contributed by atoms with E-state index in [1.165, 1.54) is 0 Å². The highest BCUT2D eigenvalue weighted by Crippen LogP contribution is 2.23. The maximum atomic E-state index is 12.0. The van der Waals surface area contributed by atoms with Crippen LogP contribution in [0.15, 0.2) is 42.5 Å². The van der Waals surface area contributed by atoms with Crippen molar-refractivity contribution in [3.05, 3.63) is 42.5 Å². The van der Waals surface area contributed by atoms with Crippen molar-refractivity contribution in [2.24, 2.45) is 11.7 Å². The van der Waals surface area contributed by atoms with Gasteiger partial charge < -0.3 is 11.1 Å². The molecule has 3 N–H and O–H groups in total. The number of anilines is 1. The number of amides is 1. The fourth-order valence-corrected chi connectivity index (χ4v) is 1.85. The Bertz CT molecular complexity index is 558. The molecule has 3 heteroatoms. The highest BCUT2D eigenvalue weighted by Gasteiger charge is 2.17. The lowest BCUT2D eigenvalue weighted by atomic mass is 10.0. The van der Waals surface area contributed by atoms with E-state index in [2.05, 4.69) is 5.32 Å². The van der Waals surface area contributed by atoms with E-state index in [0.29, 0.717) is 0 Å². The molecule has 0 saturated carbocycles. The van der Waals surface area contributed by atoms with E-state index >= 15 is 0 Å². The molecule has 2 aromatic carbocycles. The first kappa shape index (κ1) is 12.6. The zero-order valence-corrected chi connectivity index (χ0v) is 10.7. The predicted octanol–water partition coefficient (Wildman–Crippen LogP) is 2.76. The van der Waals surface area contributed by atoms with Crippen molar-refractivity contribution in [2.75, 3.05) is 5.32 Å². The van der Waals surface area contributed by atoms with Crippen LogP contribution in [0, 0.1) is 5.92 Å². The van der Waals surface area contributed by atoms with Gasteiger partial charge in [0, 0.05) is 11.1 Å². The molecule has 0 spiro atoms. The van der Waals surface area contributed by atoms with Crippen LogP contribution in [0.25, 0.3) is 10.8 Å². The molecule has 0 unspecified atom stereocenters. The Morgan fingerprint density at radius 1 is 1.11 bits per heavy atom. The SMILES string of the molecule is CC(C)[C@H](N)C(=O)Nc1cccc2ccccc12. The van der Waals surface area contributed by atoms with Crippen LogP contribution in [-0.4, -0.2) is 11.9 Å². The molecule has 1 atom stereocenters. The summed E-state index contributed by atoms with van der Waals surface area (Å²) >= 11 is 0. The third-order valence-electron chi connectivity index (χ3n) is 3.07. The van der Waals surface area contributed by atoms with Gasteiger partial charge in [-0.1, -0.05) is 50.2 Å². The zero-order valence-electron chi connectivity index (χ0n) is 10.7. The van der Waals surface area contributed by atoms with E-state index in [1.54, 1.807) is 0 Å². The molecule has 3 nitrogen and oxygen atoms in total. The van der Waals surface area contributed by atoms with E-state index in [0.717, 1.165) is 16.5 Å². The molecule has 1 amide bonds. The summed E-state index contributed by atoms with van der Waals surface area (Å²) in [4.78, 5) is 12.0. The van der Waals surface area contributed by atoms with Crippen LogP contribution in [-0.2, 0) is 4.79 Å². The van der Waals surface area contributed by atoms with Crippen LogP contribution in [0.1, 0.15) is 13.8 Å². The number of hydrogen-bond donors (Lipinski definition) is 2. The second kappa shape index (κ2) is 5.19. The molecule has 18 heavy (non-hydrogen) atoms. The number of hydrogen-bond acceptors (Lipinski definition) is 2. The molecule has 0 fully saturated rings. The van der Waals surface area contributed by atoms with Gasteiger partial charge in [-0.3, -0.25) is 4.79 Å². The van der Waals surface area contributed by atoms with E-state index in [-0.39, 0.29) is 11.8 Å². The quantitative estimate of drug-likeness (QED) is 0.869. The molecule has 0 aliphatic carbocycles. The summed E-state index contributed by atoms with van der Waals surface area (Å²) < 4.78 is 0. The minimum absolute atomic E-state index is 0.125. The highest BCUT2D eigenvalue weighted by molar-refractivity contribution is 6.03. The molecule has 0 aromatic heterocycles. The fraction of sp³-hybridized carbons (Fsp3) is 0.267. The third-order valence-corrected chi connectivity index (χ3v) is 3.07. The molecule has 0 aliphatic rings. The van der Waals surface area contributed by atoms with Gasteiger partial charge in [-0.25, -0.2) is 0 Å². The maximum Gasteiger partial charge on any atom is 0.241 e. The summed E-state index contributed by atoms with van der Waals surface area (Å²) in [7, 11) is 0. The number of benzene rings is 2. The molecule has 2 aromatic rings. The summed E-state index contributed by atoms with van der Waals surface area (Å²) in [5.74, 6) is -0.0127. The van der Waals surface area contributed by atoms with E-state index in [4.69, 9.17) is 5.73 Å². The van der Waals surface area contributed by atoms with Crippen molar-refractivity contribution in [1.29, 1.82) is 0 Å². The van der Waals surface area contributed by atoms with Crippen molar-refractivity contribution in [2.45, 2.75) is 19.9 Å². The second-order valence-corrected chi connectivity index (χ2v) is 4.79. The minimum Gasteiger partial charge on any atom is -0.324 e. The van der Waals surface area contributed by atoms with Crippen LogP contribution in [0.5, 0.6) is 0 Å². The normalized spacial score (nSPS) is 12.7. The first-order chi connectivity index (χ1) is 8.59. The highest BCUT2D eigenvalue weighted by atomic mass is 16.2. The summed E-state index contributed by atoms with van der Waals surface area (Å²) in [6, 6.07) is 13.3. The van der Waals surface area contributed by atoms with Gasteiger partial charge in [-0.2, -0.15) is 0 Å². The Kier molecular flexibility index (Phi) is 3.63. The number of nitrogens with one attached hydrogen (secondary N) is 1. The number of rotatable bonds is 3. The van der Waals surface area contributed by atoms with Crippen molar-refractivity contribution < 1.29 is 4.79 Å². The lowest BCUT2D eigenvalue weighted by Crippen LogP contribution is -2.39. The number of nitrogens with two attached hydrogens (primary N) is 1. The van der Waals surface area contributed by atoms with Crippen molar-refractivity contribution in [1.82, 2.24) is 0 Å². The molecule has 0 heterocycles. The Hall–Kier alpha value is -1.87. The minimum atomic E-state index is -0.482. The fourth-order valence-electron chi connectivity index (χ4n) is 1.85. The average Bonchev–Trinajstić information content (AvgIpc) is 2.38. The summed E-state index contributed by atoms with van der Waals surface area (Å²) in [6.45, 7) is 3.88. The first-order valence-corrected chi connectivity index (χ1v) is 6.14. The molecule has 0 aliphatic heterocycles. The van der Waals surface area contributed by atoms with Gasteiger partial charge in [-0.15, -0.1) is 0 Å². The lowest BCUT2D eigenvalue weighted by molar-refractivity contribution is -0.118. The molecular weight excluding hydrogens is 224 g/mol. The first-order valence-electron chi connectivity index (χ1n) is 6.14. The van der Waals surface area contributed by atoms with Crippen molar-refractivity contribution in [3.8, 4) is 0 Å². The largest absolute Gasteiger partial charge is 0.324 e. The van der Waals surface area contributed by atoms with Crippen LogP contribution in [0.4, 0.5) is 5.69 Å². The van der Waals surface area contributed by atoms with Crippen LogP contribution in [0.2, 0.25) is 0 Å². The second-order valence-electron chi connectivity index (χ2n) is 4.79. The Morgan fingerprint density at radius 2 is 1.78 bits per heavy atom. The van der Waals surface area contributed by atoms with Gasteiger partial charge in [0.25, 0.3) is 0 Å². The standard InChI is InChI=1S/C15H18N2O/c1-10(2)14(16)15(18)17-13-9-5-7-11-6-3-4-8-12(11)13/h3-10,14H,16H2,1-2H3,(H,17,18)/t14-/m0/s1. The summed E-state index contributed by atoms with van der Waals surface area (Å²) in [5, 5.41) is 5.04. The van der Waals surface area contributed by atoms with Gasteiger partial charge >= 0.3 is 0 Å². The smallest absolute Gasteiger partial charge is 0.241 e. The number of fused-ring (bicyclic) bond motifs is 1. The number of carbonyl (C=O) groups is 1. The topological polar surface area (TPSA) is 55.1 Å². The van der Waals surface area contributed by atoms with Crippen molar-refractivity contribution in [3.63, 3.8) is 0 Å². The van der Waals surface area contributed by atoms with Gasteiger partial charge in [-0.05, 0) is 17.4 Å². The predicted molar refractivity (Wildman–Crippen MR) is 75.4 cm³/mol. The lowest BCUT2D eigenvalue weighted by Gasteiger charge is -2.16.